The third kappa shape index (κ3) is 1.96. The van der Waals surface area contributed by atoms with E-state index in [1.807, 2.05) is 6.08 Å². The highest BCUT2D eigenvalue weighted by atomic mass is 16.6. The summed E-state index contributed by atoms with van der Waals surface area (Å²) in [7, 11) is 1.69. The molecule has 3 N–H and O–H groups in total. The number of azide groups is 1. The summed E-state index contributed by atoms with van der Waals surface area (Å²) in [6.45, 7) is 2.17. The molecule has 154 valence electrons. The van der Waals surface area contributed by atoms with E-state index in [4.69, 9.17) is 15.0 Å². The fourth-order valence-electron chi connectivity index (χ4n) is 7.43. The molecule has 28 heavy (non-hydrogen) atoms. The molecule has 0 radical (unpaired) electrons. The summed E-state index contributed by atoms with van der Waals surface area (Å²) in [5, 5.41) is 35.9. The van der Waals surface area contributed by atoms with Crippen LogP contribution in [0.25, 0.3) is 10.4 Å². The van der Waals surface area contributed by atoms with E-state index in [0.717, 1.165) is 25.7 Å². The second kappa shape index (κ2) is 5.72. The quantitative estimate of drug-likeness (QED) is 0.287. The molecule has 8 heteroatoms. The molecule has 0 aromatic heterocycles. The summed E-state index contributed by atoms with van der Waals surface area (Å²) in [6, 6.07) is -0.730. The highest BCUT2D eigenvalue weighted by Gasteiger charge is 2.75. The number of aliphatic hydroxyl groups excluding tert-OH is 3. The lowest BCUT2D eigenvalue weighted by atomic mass is 9.54. The summed E-state index contributed by atoms with van der Waals surface area (Å²) in [4.78, 5) is 2.87. The molecule has 0 aromatic rings. The van der Waals surface area contributed by atoms with Gasteiger partial charge in [0.05, 0.1) is 23.9 Å². The van der Waals surface area contributed by atoms with E-state index in [-0.39, 0.29) is 17.4 Å². The van der Waals surface area contributed by atoms with Crippen LogP contribution in [0.1, 0.15) is 51.9 Å². The average Bonchev–Trinajstić information content (AvgIpc) is 3.17. The fraction of sp³-hybridized carbons (Fsp3) is 0.900. The van der Waals surface area contributed by atoms with Crippen molar-refractivity contribution in [2.24, 2.45) is 16.4 Å². The first-order chi connectivity index (χ1) is 13.3. The van der Waals surface area contributed by atoms with Gasteiger partial charge in [-0.25, -0.2) is 0 Å². The van der Waals surface area contributed by atoms with Gasteiger partial charge in [0.25, 0.3) is 0 Å². The number of hydrogen-bond acceptors (Lipinski definition) is 6. The van der Waals surface area contributed by atoms with Crippen LogP contribution in [-0.2, 0) is 9.47 Å². The Kier molecular flexibility index (Phi) is 3.85. The predicted octanol–water partition coefficient (Wildman–Crippen LogP) is 1.97. The number of aliphatic hydroxyl groups is 3. The molecule has 2 spiro atoms. The summed E-state index contributed by atoms with van der Waals surface area (Å²) < 4.78 is 13.1. The minimum atomic E-state index is -1.15. The second-order valence-electron chi connectivity index (χ2n) is 9.74. The molecule has 4 fully saturated rings. The molecule has 3 aliphatic carbocycles. The Morgan fingerprint density at radius 2 is 2.00 bits per heavy atom. The number of nitrogens with zero attached hydrogens (tertiary/aromatic N) is 3. The molecular weight excluding hydrogens is 362 g/mol. The van der Waals surface area contributed by atoms with Gasteiger partial charge in [0.1, 0.15) is 17.3 Å². The lowest BCUT2D eigenvalue weighted by Gasteiger charge is -2.62. The Morgan fingerprint density at radius 3 is 2.71 bits per heavy atom. The third-order valence-electron chi connectivity index (χ3n) is 8.93. The normalized spacial score (nSPS) is 56.9. The minimum Gasteiger partial charge on any atom is -0.393 e. The lowest BCUT2D eigenvalue weighted by Crippen LogP contribution is -2.69. The van der Waals surface area contributed by atoms with Crippen molar-refractivity contribution in [1.29, 1.82) is 0 Å². The first-order valence-electron chi connectivity index (χ1n) is 10.3. The number of ether oxygens (including phenoxy) is 2. The Balaban J connectivity index is 1.66. The largest absolute Gasteiger partial charge is 0.393 e. The van der Waals surface area contributed by atoms with Gasteiger partial charge in [0.2, 0.25) is 0 Å². The van der Waals surface area contributed by atoms with Crippen LogP contribution in [0.3, 0.4) is 0 Å². The van der Waals surface area contributed by atoms with Gasteiger partial charge in [-0.2, -0.15) is 0 Å². The third-order valence-corrected chi connectivity index (χ3v) is 8.93. The Bertz CT molecular complexity index is 784. The molecule has 2 bridgehead atoms. The van der Waals surface area contributed by atoms with Crippen molar-refractivity contribution in [3.8, 4) is 0 Å². The van der Waals surface area contributed by atoms with Crippen LogP contribution in [0.15, 0.2) is 16.8 Å². The molecule has 0 aromatic carbocycles. The zero-order chi connectivity index (χ0) is 19.9. The molecule has 8 nitrogen and oxygen atoms in total. The number of rotatable bonds is 2. The summed E-state index contributed by atoms with van der Waals surface area (Å²) >= 11 is 0. The fourth-order valence-corrected chi connectivity index (χ4v) is 7.43. The van der Waals surface area contributed by atoms with E-state index < -0.39 is 35.1 Å². The first-order valence-corrected chi connectivity index (χ1v) is 10.3. The molecule has 1 saturated heterocycles. The van der Waals surface area contributed by atoms with Crippen molar-refractivity contribution in [1.82, 2.24) is 0 Å². The van der Waals surface area contributed by atoms with Gasteiger partial charge in [-0.05, 0) is 73.5 Å². The van der Waals surface area contributed by atoms with Gasteiger partial charge in [0.15, 0.2) is 0 Å². The molecule has 0 unspecified atom stereocenters. The van der Waals surface area contributed by atoms with Crippen molar-refractivity contribution < 1.29 is 24.8 Å². The Hall–Kier alpha value is -1.15. The lowest BCUT2D eigenvalue weighted by molar-refractivity contribution is -0.272. The minimum absolute atomic E-state index is 0.155. The molecule has 3 saturated carbocycles. The molecule has 2 aliphatic heterocycles. The van der Waals surface area contributed by atoms with Gasteiger partial charge in [-0.1, -0.05) is 12.0 Å². The maximum atomic E-state index is 10.9. The van der Waals surface area contributed by atoms with Crippen molar-refractivity contribution >= 4 is 0 Å². The molecular formula is C20H29N3O5. The monoisotopic (exact) mass is 391 g/mol. The van der Waals surface area contributed by atoms with Crippen molar-refractivity contribution in [3.63, 3.8) is 0 Å². The topological polar surface area (TPSA) is 128 Å². The number of fused-ring (bicyclic) bond motifs is 1. The maximum absolute atomic E-state index is 10.9. The van der Waals surface area contributed by atoms with Crippen LogP contribution in [0.5, 0.6) is 0 Å². The SMILES string of the molecule is CO[C@]12C=C3[C@@H](O)[C@H](O)[C@@H](N=[N+]=[N-])C[C@]34CC[C@]1(O4)[C@@H]1CC[C@H](O)[C@@]1(C)CC2. The van der Waals surface area contributed by atoms with Crippen LogP contribution in [0.4, 0.5) is 0 Å². The highest BCUT2D eigenvalue weighted by molar-refractivity contribution is 5.42. The van der Waals surface area contributed by atoms with Crippen LogP contribution < -0.4 is 0 Å². The number of hydrogen-bond donors (Lipinski definition) is 3. The molecule has 9 atom stereocenters. The van der Waals surface area contributed by atoms with E-state index in [2.05, 4.69) is 16.9 Å². The van der Waals surface area contributed by atoms with Crippen LogP contribution >= 0.6 is 0 Å². The predicted molar refractivity (Wildman–Crippen MR) is 99.2 cm³/mol. The van der Waals surface area contributed by atoms with E-state index in [1.54, 1.807) is 7.11 Å². The van der Waals surface area contributed by atoms with Crippen LogP contribution in [0, 0.1) is 11.3 Å². The van der Waals surface area contributed by atoms with Crippen LogP contribution in [-0.4, -0.2) is 63.6 Å². The van der Waals surface area contributed by atoms with Gasteiger partial charge in [0, 0.05) is 12.0 Å². The zero-order valence-corrected chi connectivity index (χ0v) is 16.4. The van der Waals surface area contributed by atoms with E-state index in [0.29, 0.717) is 24.8 Å². The standard InChI is InChI=1S/C20H29N3O5/c1-17-5-7-19(27-2)9-11-15(25)16(26)12(22-23-21)10-18(11)6-8-20(19,28-18)13(17)3-4-14(17)24/h9,12-16,24-26H,3-8,10H2,1-2H3/t12-,13+,14-,15+,16+,17-,18+,19+,20-/m0/s1. The zero-order valence-electron chi connectivity index (χ0n) is 16.4. The van der Waals surface area contributed by atoms with Gasteiger partial charge in [-0.15, -0.1) is 0 Å². The first kappa shape index (κ1) is 18.9. The van der Waals surface area contributed by atoms with E-state index in [1.165, 1.54) is 0 Å². The van der Waals surface area contributed by atoms with E-state index >= 15 is 0 Å². The molecule has 5 aliphatic rings. The van der Waals surface area contributed by atoms with Crippen LogP contribution in [0.2, 0.25) is 0 Å². The van der Waals surface area contributed by atoms with Crippen molar-refractivity contribution in [2.75, 3.05) is 7.11 Å². The van der Waals surface area contributed by atoms with Crippen molar-refractivity contribution in [2.45, 2.75) is 93.0 Å². The summed E-state index contributed by atoms with van der Waals surface area (Å²) in [6.07, 6.45) is 4.36. The molecule has 2 heterocycles. The summed E-state index contributed by atoms with van der Waals surface area (Å²) in [5.74, 6) is 0.155. The van der Waals surface area contributed by atoms with Gasteiger partial charge < -0.3 is 24.8 Å². The smallest absolute Gasteiger partial charge is 0.115 e. The highest BCUT2D eigenvalue weighted by Crippen LogP contribution is 2.69. The molecule has 0 amide bonds. The van der Waals surface area contributed by atoms with E-state index in [9.17, 15) is 15.3 Å². The summed E-state index contributed by atoms with van der Waals surface area (Å²) in [5.41, 5.74) is 7.36. The van der Waals surface area contributed by atoms with Gasteiger partial charge >= 0.3 is 0 Å². The molecule has 5 rings (SSSR count). The Labute approximate surface area is 164 Å². The second-order valence-corrected chi connectivity index (χ2v) is 9.74. The number of methoxy groups -OCH3 is 1. The van der Waals surface area contributed by atoms with Gasteiger partial charge in [-0.3, -0.25) is 0 Å². The average molecular weight is 391 g/mol. The van der Waals surface area contributed by atoms with Crippen molar-refractivity contribution in [3.05, 3.63) is 22.1 Å². The Morgan fingerprint density at radius 1 is 1.21 bits per heavy atom. The maximum Gasteiger partial charge on any atom is 0.115 e.